The van der Waals surface area contributed by atoms with Gasteiger partial charge in [-0.1, -0.05) is 12.1 Å². The smallest absolute Gasteiger partial charge is 0.456 e. The van der Waals surface area contributed by atoms with Crippen LogP contribution in [-0.2, 0) is 0 Å². The normalized spacial score (nSPS) is 11.2. The van der Waals surface area contributed by atoms with Crippen LogP contribution in [0.1, 0.15) is 0 Å². The van der Waals surface area contributed by atoms with Crippen molar-refractivity contribution in [1.29, 1.82) is 0 Å². The molecule has 1 aromatic heterocycles. The first-order valence-corrected chi connectivity index (χ1v) is 5.13. The minimum Gasteiger partial charge on any atom is -0.456 e. The molecule has 3 rings (SSSR count). The molecule has 3 aromatic rings. The van der Waals surface area contributed by atoms with Crippen molar-refractivity contribution in [2.75, 3.05) is 0 Å². The average molecular weight is 230 g/mol. The Morgan fingerprint density at radius 2 is 1.88 bits per heavy atom. The predicted octanol–water partition coefficient (Wildman–Crippen LogP) is 1.40. The van der Waals surface area contributed by atoms with Crippen molar-refractivity contribution in [3.05, 3.63) is 42.2 Å². The van der Waals surface area contributed by atoms with E-state index in [1.165, 1.54) is 18.2 Å². The van der Waals surface area contributed by atoms with Crippen molar-refractivity contribution in [1.82, 2.24) is 0 Å². The van der Waals surface area contributed by atoms with Gasteiger partial charge >= 0.3 is 7.12 Å². The summed E-state index contributed by atoms with van der Waals surface area (Å²) in [7, 11) is -1.61. The van der Waals surface area contributed by atoms with Gasteiger partial charge in [0.05, 0.1) is 0 Å². The highest BCUT2D eigenvalue weighted by Gasteiger charge is 2.19. The van der Waals surface area contributed by atoms with Gasteiger partial charge in [0.1, 0.15) is 17.0 Å². The van der Waals surface area contributed by atoms with E-state index in [1.807, 2.05) is 0 Å². The molecule has 84 valence electrons. The molecule has 0 amide bonds. The third-order valence-electron chi connectivity index (χ3n) is 2.77. The molecular formula is C12H8BFO3. The molecule has 2 N–H and O–H groups in total. The molecule has 0 saturated carbocycles. The SMILES string of the molecule is OB(O)c1cccc2oc3ccc(F)cc3c12. The van der Waals surface area contributed by atoms with Crippen molar-refractivity contribution >= 4 is 34.5 Å². The van der Waals surface area contributed by atoms with Crippen LogP contribution in [0.3, 0.4) is 0 Å². The Kier molecular flexibility index (Phi) is 2.17. The first-order valence-electron chi connectivity index (χ1n) is 5.13. The second-order valence-electron chi connectivity index (χ2n) is 3.84. The van der Waals surface area contributed by atoms with Crippen molar-refractivity contribution in [3.63, 3.8) is 0 Å². The highest BCUT2D eigenvalue weighted by molar-refractivity contribution is 6.62. The molecule has 0 fully saturated rings. The van der Waals surface area contributed by atoms with E-state index < -0.39 is 7.12 Å². The maximum atomic E-state index is 13.2. The number of fused-ring (bicyclic) bond motifs is 3. The largest absolute Gasteiger partial charge is 0.489 e. The molecule has 2 aromatic carbocycles. The molecule has 3 nitrogen and oxygen atoms in total. The molecule has 0 bridgehead atoms. The van der Waals surface area contributed by atoms with Gasteiger partial charge in [-0.05, 0) is 29.7 Å². The number of rotatable bonds is 1. The first-order chi connectivity index (χ1) is 8.16. The van der Waals surface area contributed by atoms with Crippen LogP contribution < -0.4 is 5.46 Å². The van der Waals surface area contributed by atoms with E-state index in [-0.39, 0.29) is 5.82 Å². The van der Waals surface area contributed by atoms with Gasteiger partial charge in [0, 0.05) is 10.8 Å². The molecule has 5 heteroatoms. The molecular weight excluding hydrogens is 222 g/mol. The highest BCUT2D eigenvalue weighted by Crippen LogP contribution is 2.27. The van der Waals surface area contributed by atoms with Crippen molar-refractivity contribution < 1.29 is 18.9 Å². The fourth-order valence-electron chi connectivity index (χ4n) is 2.04. The van der Waals surface area contributed by atoms with Gasteiger partial charge in [-0.15, -0.1) is 0 Å². The van der Waals surface area contributed by atoms with Crippen LogP contribution in [0.25, 0.3) is 21.9 Å². The Morgan fingerprint density at radius 1 is 1.06 bits per heavy atom. The lowest BCUT2D eigenvalue weighted by molar-refractivity contribution is 0.426. The molecule has 17 heavy (non-hydrogen) atoms. The second kappa shape index (κ2) is 3.58. The van der Waals surface area contributed by atoms with Crippen molar-refractivity contribution in [2.45, 2.75) is 0 Å². The molecule has 0 aliphatic rings. The Morgan fingerprint density at radius 3 is 2.65 bits per heavy atom. The van der Waals surface area contributed by atoms with Gasteiger partial charge in [-0.25, -0.2) is 4.39 Å². The maximum Gasteiger partial charge on any atom is 0.489 e. The van der Waals surface area contributed by atoms with Gasteiger partial charge in [0.15, 0.2) is 0 Å². The topological polar surface area (TPSA) is 53.6 Å². The molecule has 0 atom stereocenters. The number of halogens is 1. The fourth-order valence-corrected chi connectivity index (χ4v) is 2.04. The lowest BCUT2D eigenvalue weighted by Crippen LogP contribution is -2.30. The maximum absolute atomic E-state index is 13.2. The van der Waals surface area contributed by atoms with Gasteiger partial charge in [-0.3, -0.25) is 0 Å². The third-order valence-corrected chi connectivity index (χ3v) is 2.77. The molecule has 0 unspecified atom stereocenters. The van der Waals surface area contributed by atoms with E-state index in [9.17, 15) is 14.4 Å². The highest BCUT2D eigenvalue weighted by atomic mass is 19.1. The van der Waals surface area contributed by atoms with Crippen LogP contribution in [0.2, 0.25) is 0 Å². The van der Waals surface area contributed by atoms with Crippen LogP contribution in [0.15, 0.2) is 40.8 Å². The molecule has 0 aliphatic heterocycles. The van der Waals surface area contributed by atoms with Crippen LogP contribution >= 0.6 is 0 Å². The van der Waals surface area contributed by atoms with Crippen LogP contribution in [0.4, 0.5) is 4.39 Å². The van der Waals surface area contributed by atoms with Crippen molar-refractivity contribution in [2.24, 2.45) is 0 Å². The molecule has 1 heterocycles. The van der Waals surface area contributed by atoms with Gasteiger partial charge in [-0.2, -0.15) is 0 Å². The lowest BCUT2D eigenvalue weighted by atomic mass is 9.77. The lowest BCUT2D eigenvalue weighted by Gasteiger charge is -2.00. The number of hydrogen-bond acceptors (Lipinski definition) is 3. The van der Waals surface area contributed by atoms with Crippen LogP contribution in [0.5, 0.6) is 0 Å². The summed E-state index contributed by atoms with van der Waals surface area (Å²) in [6.45, 7) is 0. The Balaban J connectivity index is 2.51. The van der Waals surface area contributed by atoms with E-state index in [0.29, 0.717) is 27.4 Å². The Bertz CT molecular complexity index is 705. The number of hydrogen-bond donors (Lipinski definition) is 2. The zero-order valence-electron chi connectivity index (χ0n) is 8.72. The summed E-state index contributed by atoms with van der Waals surface area (Å²) < 4.78 is 18.7. The van der Waals surface area contributed by atoms with E-state index >= 15 is 0 Å². The fraction of sp³-hybridized carbons (Fsp3) is 0. The molecule has 0 aliphatic carbocycles. The summed E-state index contributed by atoms with van der Waals surface area (Å²) in [5.74, 6) is -0.387. The minimum atomic E-state index is -1.61. The first kappa shape index (κ1) is 10.3. The van der Waals surface area contributed by atoms with Crippen molar-refractivity contribution in [3.8, 4) is 0 Å². The van der Waals surface area contributed by atoms with Crippen LogP contribution in [-0.4, -0.2) is 17.2 Å². The summed E-state index contributed by atoms with van der Waals surface area (Å²) in [6, 6.07) is 9.10. The monoisotopic (exact) mass is 230 g/mol. The predicted molar refractivity (Wildman–Crippen MR) is 63.5 cm³/mol. The van der Waals surface area contributed by atoms with E-state index in [1.54, 1.807) is 18.2 Å². The molecule has 0 radical (unpaired) electrons. The van der Waals surface area contributed by atoms with E-state index in [2.05, 4.69) is 0 Å². The Hall–Kier alpha value is -1.85. The van der Waals surface area contributed by atoms with Gasteiger partial charge in [0.2, 0.25) is 0 Å². The quantitative estimate of drug-likeness (QED) is 0.621. The average Bonchev–Trinajstić information content (AvgIpc) is 2.66. The summed E-state index contributed by atoms with van der Waals surface area (Å²) >= 11 is 0. The summed E-state index contributed by atoms with van der Waals surface area (Å²) in [5.41, 5.74) is 1.34. The number of furan rings is 1. The standard InChI is InChI=1S/C12H8BFO3/c14-7-4-5-10-8(6-7)12-9(13(15)16)2-1-3-11(12)17-10/h1-6,15-16H. The van der Waals surface area contributed by atoms with Gasteiger partial charge < -0.3 is 14.5 Å². The Labute approximate surface area is 96.2 Å². The van der Waals surface area contributed by atoms with Gasteiger partial charge in [0.25, 0.3) is 0 Å². The zero-order chi connectivity index (χ0) is 12.0. The summed E-state index contributed by atoms with van der Waals surface area (Å²) in [4.78, 5) is 0. The second-order valence-corrected chi connectivity index (χ2v) is 3.84. The zero-order valence-corrected chi connectivity index (χ0v) is 8.72. The third kappa shape index (κ3) is 1.51. The number of benzene rings is 2. The van der Waals surface area contributed by atoms with E-state index in [0.717, 1.165) is 0 Å². The summed E-state index contributed by atoms with van der Waals surface area (Å²) in [6.07, 6.45) is 0. The van der Waals surface area contributed by atoms with Crippen LogP contribution in [0, 0.1) is 5.82 Å². The summed E-state index contributed by atoms with van der Waals surface area (Å²) in [5, 5.41) is 19.7. The minimum absolute atomic E-state index is 0.312. The van der Waals surface area contributed by atoms with E-state index in [4.69, 9.17) is 4.42 Å². The molecule has 0 spiro atoms. The molecule has 0 saturated heterocycles.